The van der Waals surface area contributed by atoms with Gasteiger partial charge in [0.05, 0.1) is 19.3 Å². The van der Waals surface area contributed by atoms with Crippen LogP contribution in [0.1, 0.15) is 25.3 Å². The minimum absolute atomic E-state index is 0.184. The van der Waals surface area contributed by atoms with Crippen LogP contribution in [0.3, 0.4) is 0 Å². The van der Waals surface area contributed by atoms with Crippen LogP contribution in [0.25, 0.3) is 0 Å². The molecule has 0 heterocycles. The molecule has 0 aliphatic heterocycles. The summed E-state index contributed by atoms with van der Waals surface area (Å²) in [7, 11) is 1.60. The van der Waals surface area contributed by atoms with Crippen LogP contribution >= 0.6 is 0 Å². The number of rotatable bonds is 8. The molecule has 0 spiro atoms. The molecule has 0 saturated carbocycles. The second-order valence-electron chi connectivity index (χ2n) is 4.14. The lowest BCUT2D eigenvalue weighted by Crippen LogP contribution is -2.08. The first-order valence-electron chi connectivity index (χ1n) is 6.80. The van der Waals surface area contributed by atoms with Crippen LogP contribution in [0.2, 0.25) is 0 Å². The molecule has 20 heavy (non-hydrogen) atoms. The zero-order valence-corrected chi connectivity index (χ0v) is 12.1. The van der Waals surface area contributed by atoms with Crippen molar-refractivity contribution >= 4 is 0 Å². The number of ether oxygens (including phenoxy) is 3. The van der Waals surface area contributed by atoms with E-state index in [1.807, 2.05) is 12.1 Å². The minimum atomic E-state index is -0.184. The van der Waals surface area contributed by atoms with Gasteiger partial charge in [0, 0.05) is 6.61 Å². The summed E-state index contributed by atoms with van der Waals surface area (Å²) in [6.45, 7) is 3.74. The predicted octanol–water partition coefficient (Wildman–Crippen LogP) is 2.23. The number of unbranched alkanes of at least 4 members (excludes halogenated alkanes) is 1. The first-order chi connectivity index (χ1) is 9.81. The third-order valence-corrected chi connectivity index (χ3v) is 2.62. The van der Waals surface area contributed by atoms with Gasteiger partial charge < -0.3 is 19.3 Å². The molecule has 0 saturated heterocycles. The van der Waals surface area contributed by atoms with Crippen LogP contribution in [0, 0.1) is 11.8 Å². The average molecular weight is 278 g/mol. The largest absolute Gasteiger partial charge is 0.497 e. The molecule has 0 radical (unpaired) electrons. The zero-order valence-electron chi connectivity index (χ0n) is 12.1. The Hall–Kier alpha value is -1.70. The van der Waals surface area contributed by atoms with Crippen LogP contribution in [-0.2, 0) is 4.74 Å². The van der Waals surface area contributed by atoms with Crippen LogP contribution in [-0.4, -0.2) is 38.6 Å². The highest BCUT2D eigenvalue weighted by Crippen LogP contribution is 2.23. The highest BCUT2D eigenvalue weighted by Gasteiger charge is 2.03. The van der Waals surface area contributed by atoms with Gasteiger partial charge in [-0.05, 0) is 24.6 Å². The summed E-state index contributed by atoms with van der Waals surface area (Å²) in [5, 5.41) is 8.78. The van der Waals surface area contributed by atoms with Crippen LogP contribution in [0.15, 0.2) is 18.2 Å². The molecule has 0 unspecified atom stereocenters. The average Bonchev–Trinajstić information content (AvgIpc) is 2.49. The van der Waals surface area contributed by atoms with Crippen LogP contribution in [0.5, 0.6) is 11.5 Å². The molecule has 0 aromatic heterocycles. The standard InChI is InChI=1S/C16H22O4/c1-3-4-10-19-11-12-20-16-8-7-15(18-2)13-14(16)6-5-9-17/h7-8,13,17H,3-4,9-12H2,1-2H3. The van der Waals surface area contributed by atoms with Gasteiger partial charge in [0.15, 0.2) is 0 Å². The van der Waals surface area contributed by atoms with Crippen molar-refractivity contribution in [1.82, 2.24) is 0 Å². The lowest BCUT2D eigenvalue weighted by Gasteiger charge is -2.10. The molecular formula is C16H22O4. The summed E-state index contributed by atoms with van der Waals surface area (Å²) >= 11 is 0. The van der Waals surface area contributed by atoms with Crippen molar-refractivity contribution in [2.24, 2.45) is 0 Å². The van der Waals surface area contributed by atoms with E-state index >= 15 is 0 Å². The third-order valence-electron chi connectivity index (χ3n) is 2.62. The smallest absolute Gasteiger partial charge is 0.135 e. The molecule has 1 rings (SSSR count). The van der Waals surface area contributed by atoms with E-state index in [9.17, 15) is 0 Å². The lowest BCUT2D eigenvalue weighted by atomic mass is 10.2. The molecule has 0 atom stereocenters. The Bertz CT molecular complexity index is 446. The fourth-order valence-corrected chi connectivity index (χ4v) is 1.55. The topological polar surface area (TPSA) is 47.9 Å². The molecule has 1 aromatic rings. The molecule has 0 aliphatic carbocycles. The van der Waals surface area contributed by atoms with E-state index in [1.54, 1.807) is 13.2 Å². The predicted molar refractivity (Wildman–Crippen MR) is 78.2 cm³/mol. The van der Waals surface area contributed by atoms with Gasteiger partial charge in [-0.25, -0.2) is 0 Å². The van der Waals surface area contributed by atoms with Gasteiger partial charge in [-0.15, -0.1) is 0 Å². The summed E-state index contributed by atoms with van der Waals surface area (Å²) in [6, 6.07) is 5.42. The van der Waals surface area contributed by atoms with Crippen molar-refractivity contribution in [3.8, 4) is 23.3 Å². The van der Waals surface area contributed by atoms with Crippen molar-refractivity contribution in [3.63, 3.8) is 0 Å². The molecule has 1 N–H and O–H groups in total. The van der Waals surface area contributed by atoms with Crippen LogP contribution in [0.4, 0.5) is 0 Å². The normalized spacial score (nSPS) is 9.75. The number of hydrogen-bond donors (Lipinski definition) is 1. The summed E-state index contributed by atoms with van der Waals surface area (Å²) in [5.41, 5.74) is 0.701. The Morgan fingerprint density at radius 3 is 2.75 bits per heavy atom. The van der Waals surface area contributed by atoms with Crippen molar-refractivity contribution in [2.45, 2.75) is 19.8 Å². The summed E-state index contributed by atoms with van der Waals surface area (Å²) in [4.78, 5) is 0. The number of methoxy groups -OCH3 is 1. The van der Waals surface area contributed by atoms with E-state index in [4.69, 9.17) is 19.3 Å². The van der Waals surface area contributed by atoms with Gasteiger partial charge in [0.2, 0.25) is 0 Å². The van der Waals surface area contributed by atoms with Crippen LogP contribution < -0.4 is 9.47 Å². The fourth-order valence-electron chi connectivity index (χ4n) is 1.55. The van der Waals surface area contributed by atoms with Gasteiger partial charge in [-0.3, -0.25) is 0 Å². The van der Waals surface area contributed by atoms with Gasteiger partial charge in [0.25, 0.3) is 0 Å². The van der Waals surface area contributed by atoms with E-state index in [0.717, 1.165) is 19.4 Å². The first kappa shape index (κ1) is 16.4. The van der Waals surface area contributed by atoms with Crippen molar-refractivity contribution < 1.29 is 19.3 Å². The quantitative estimate of drug-likeness (QED) is 0.585. The SMILES string of the molecule is CCCCOCCOc1ccc(OC)cc1C#CCO. The molecule has 0 amide bonds. The van der Waals surface area contributed by atoms with Crippen molar-refractivity contribution in [2.75, 3.05) is 33.5 Å². The molecular weight excluding hydrogens is 256 g/mol. The monoisotopic (exact) mass is 278 g/mol. The summed E-state index contributed by atoms with van der Waals surface area (Å²) in [6.07, 6.45) is 2.19. The Morgan fingerprint density at radius 2 is 2.05 bits per heavy atom. The Labute approximate surface area is 120 Å². The van der Waals surface area contributed by atoms with Gasteiger partial charge >= 0.3 is 0 Å². The number of benzene rings is 1. The zero-order chi connectivity index (χ0) is 14.6. The van der Waals surface area contributed by atoms with E-state index in [0.29, 0.717) is 30.3 Å². The van der Waals surface area contributed by atoms with E-state index < -0.39 is 0 Å². The van der Waals surface area contributed by atoms with E-state index in [-0.39, 0.29) is 6.61 Å². The van der Waals surface area contributed by atoms with E-state index in [1.165, 1.54) is 0 Å². The Kier molecular flexibility index (Phi) is 8.28. The fraction of sp³-hybridized carbons (Fsp3) is 0.500. The molecule has 4 heteroatoms. The summed E-state index contributed by atoms with van der Waals surface area (Å²) < 4.78 is 16.2. The summed E-state index contributed by atoms with van der Waals surface area (Å²) in [5.74, 6) is 6.85. The van der Waals surface area contributed by atoms with Gasteiger partial charge in [0.1, 0.15) is 24.7 Å². The Balaban J connectivity index is 2.55. The molecule has 4 nitrogen and oxygen atoms in total. The minimum Gasteiger partial charge on any atom is -0.497 e. The maximum absolute atomic E-state index is 8.78. The number of aliphatic hydroxyl groups is 1. The second-order valence-corrected chi connectivity index (χ2v) is 4.14. The van der Waals surface area contributed by atoms with Gasteiger partial charge in [-0.1, -0.05) is 25.2 Å². The molecule has 110 valence electrons. The maximum Gasteiger partial charge on any atom is 0.135 e. The Morgan fingerprint density at radius 1 is 1.20 bits per heavy atom. The third kappa shape index (κ3) is 5.96. The van der Waals surface area contributed by atoms with Gasteiger partial charge in [-0.2, -0.15) is 0 Å². The molecule has 0 fully saturated rings. The highest BCUT2D eigenvalue weighted by atomic mass is 16.5. The highest BCUT2D eigenvalue weighted by molar-refractivity contribution is 5.50. The van der Waals surface area contributed by atoms with E-state index in [2.05, 4.69) is 18.8 Å². The first-order valence-corrected chi connectivity index (χ1v) is 6.80. The van der Waals surface area contributed by atoms with Crippen molar-refractivity contribution in [1.29, 1.82) is 0 Å². The molecule has 0 aliphatic rings. The van der Waals surface area contributed by atoms with Crippen molar-refractivity contribution in [3.05, 3.63) is 23.8 Å². The number of hydrogen-bond acceptors (Lipinski definition) is 4. The lowest BCUT2D eigenvalue weighted by molar-refractivity contribution is 0.0979. The number of aliphatic hydroxyl groups excluding tert-OH is 1. The maximum atomic E-state index is 8.78. The second kappa shape index (κ2) is 10.1. The molecule has 0 bridgehead atoms. The molecule has 1 aromatic carbocycles.